The maximum atomic E-state index is 13.0. The Morgan fingerprint density at radius 3 is 2.84 bits per heavy atom. The van der Waals surface area contributed by atoms with Gasteiger partial charge >= 0.3 is 0 Å². The summed E-state index contributed by atoms with van der Waals surface area (Å²) >= 11 is 0. The number of H-pyrrole nitrogens is 1. The lowest BCUT2D eigenvalue weighted by Crippen LogP contribution is -2.15. The molecule has 0 unspecified atom stereocenters. The smallest absolute Gasteiger partial charge is 0.229 e. The average Bonchev–Trinajstić information content (AvgIpc) is 2.81. The molecule has 100 valence electrons. The maximum Gasteiger partial charge on any atom is 0.229 e. The Kier molecular flexibility index (Phi) is 3.89. The molecule has 0 bridgehead atoms. The van der Waals surface area contributed by atoms with Gasteiger partial charge in [0.1, 0.15) is 5.82 Å². The summed E-state index contributed by atoms with van der Waals surface area (Å²) in [4.78, 5) is 11.8. The lowest BCUT2D eigenvalue weighted by atomic mass is 10.1. The largest absolute Gasteiger partial charge is 0.311 e. The molecule has 0 atom stereocenters. The number of amides is 1. The van der Waals surface area contributed by atoms with Crippen molar-refractivity contribution in [2.45, 2.75) is 19.8 Å². The molecule has 0 aliphatic rings. The summed E-state index contributed by atoms with van der Waals surface area (Å²) in [5.41, 5.74) is 1.30. The van der Waals surface area contributed by atoms with Crippen molar-refractivity contribution in [1.29, 1.82) is 0 Å². The molecule has 1 amide bonds. The number of aryl methyl sites for hydroxylation is 1. The van der Waals surface area contributed by atoms with E-state index in [2.05, 4.69) is 15.5 Å². The maximum absolute atomic E-state index is 13.0. The number of benzene rings is 1. The van der Waals surface area contributed by atoms with Crippen LogP contribution in [0.15, 0.2) is 24.4 Å². The molecule has 0 fully saturated rings. The van der Waals surface area contributed by atoms with Crippen LogP contribution >= 0.6 is 0 Å². The topological polar surface area (TPSA) is 57.8 Å². The molecule has 0 aliphatic heterocycles. The number of anilines is 1. The second-order valence-corrected chi connectivity index (χ2v) is 4.10. The lowest BCUT2D eigenvalue weighted by molar-refractivity contribution is -0.115. The van der Waals surface area contributed by atoms with E-state index in [-0.39, 0.29) is 12.3 Å². The number of aromatic nitrogens is 2. The molecule has 19 heavy (non-hydrogen) atoms. The van der Waals surface area contributed by atoms with Gasteiger partial charge in [0.05, 0.1) is 12.6 Å². The molecule has 4 nitrogen and oxygen atoms in total. The standard InChI is InChI=1S/C13H13F2N3O/c1-2-9-7-16-18-13(9)17-12(19)6-8-3-4-10(14)11(15)5-8/h3-5,7H,2,6H2,1H3,(H2,16,17,18,19). The molecule has 6 heteroatoms. The first kappa shape index (κ1) is 13.2. The first-order chi connectivity index (χ1) is 9.10. The normalized spacial score (nSPS) is 10.5. The van der Waals surface area contributed by atoms with Gasteiger partial charge in [0.25, 0.3) is 0 Å². The summed E-state index contributed by atoms with van der Waals surface area (Å²) in [6, 6.07) is 3.40. The van der Waals surface area contributed by atoms with Gasteiger partial charge in [-0.25, -0.2) is 8.78 Å². The van der Waals surface area contributed by atoms with Gasteiger partial charge in [0, 0.05) is 5.56 Å². The Morgan fingerprint density at radius 1 is 1.37 bits per heavy atom. The Labute approximate surface area is 108 Å². The van der Waals surface area contributed by atoms with Crippen molar-refractivity contribution in [2.24, 2.45) is 0 Å². The van der Waals surface area contributed by atoms with Gasteiger partial charge in [-0.3, -0.25) is 9.89 Å². The molecule has 1 aromatic heterocycles. The van der Waals surface area contributed by atoms with E-state index in [1.165, 1.54) is 6.07 Å². The van der Waals surface area contributed by atoms with Crippen LogP contribution in [0.5, 0.6) is 0 Å². The van der Waals surface area contributed by atoms with Gasteiger partial charge < -0.3 is 5.32 Å². The summed E-state index contributed by atoms with van der Waals surface area (Å²) in [5.74, 6) is -1.66. The minimum absolute atomic E-state index is 0.0284. The van der Waals surface area contributed by atoms with Crippen molar-refractivity contribution < 1.29 is 13.6 Å². The zero-order valence-electron chi connectivity index (χ0n) is 10.3. The lowest BCUT2D eigenvalue weighted by Gasteiger charge is -2.05. The van der Waals surface area contributed by atoms with Crippen molar-refractivity contribution in [3.63, 3.8) is 0 Å². The second kappa shape index (κ2) is 5.60. The average molecular weight is 265 g/mol. The van der Waals surface area contributed by atoms with E-state index in [0.717, 1.165) is 24.1 Å². The summed E-state index contributed by atoms with van der Waals surface area (Å²) in [6.45, 7) is 1.94. The SMILES string of the molecule is CCc1cn[nH]c1NC(=O)Cc1ccc(F)c(F)c1. The third-order valence-electron chi connectivity index (χ3n) is 2.71. The predicted octanol–water partition coefficient (Wildman–Crippen LogP) is 2.43. The van der Waals surface area contributed by atoms with Crippen LogP contribution in [0.3, 0.4) is 0 Å². The van der Waals surface area contributed by atoms with Gasteiger partial charge in [-0.05, 0) is 24.1 Å². The fourth-order valence-corrected chi connectivity index (χ4v) is 1.71. The van der Waals surface area contributed by atoms with Crippen molar-refractivity contribution in [3.8, 4) is 0 Å². The van der Waals surface area contributed by atoms with Gasteiger partial charge in [0.2, 0.25) is 5.91 Å². The highest BCUT2D eigenvalue weighted by molar-refractivity contribution is 5.91. The van der Waals surface area contributed by atoms with E-state index in [9.17, 15) is 13.6 Å². The molecule has 2 aromatic rings. The highest BCUT2D eigenvalue weighted by atomic mass is 19.2. The summed E-state index contributed by atoms with van der Waals surface area (Å²) in [7, 11) is 0. The molecule has 0 aliphatic carbocycles. The molecule has 1 aromatic carbocycles. The van der Waals surface area contributed by atoms with Crippen LogP contribution in [-0.4, -0.2) is 16.1 Å². The van der Waals surface area contributed by atoms with Crippen molar-refractivity contribution in [1.82, 2.24) is 10.2 Å². The number of nitrogens with zero attached hydrogens (tertiary/aromatic N) is 1. The van der Waals surface area contributed by atoms with Gasteiger partial charge in [0.15, 0.2) is 11.6 Å². The Morgan fingerprint density at radius 2 is 2.16 bits per heavy atom. The van der Waals surface area contributed by atoms with Crippen LogP contribution in [-0.2, 0) is 17.6 Å². The quantitative estimate of drug-likeness (QED) is 0.892. The third-order valence-corrected chi connectivity index (χ3v) is 2.71. The fourth-order valence-electron chi connectivity index (χ4n) is 1.71. The number of hydrogen-bond acceptors (Lipinski definition) is 2. The summed E-state index contributed by atoms with van der Waals surface area (Å²) < 4.78 is 25.8. The molecule has 0 saturated carbocycles. The minimum Gasteiger partial charge on any atom is -0.311 e. The predicted molar refractivity (Wildman–Crippen MR) is 66.7 cm³/mol. The first-order valence-corrected chi connectivity index (χ1v) is 5.86. The number of rotatable bonds is 4. The van der Waals surface area contributed by atoms with E-state index in [0.29, 0.717) is 11.4 Å². The van der Waals surface area contributed by atoms with E-state index in [1.54, 1.807) is 6.20 Å². The number of nitrogens with one attached hydrogen (secondary N) is 2. The Hall–Kier alpha value is -2.24. The van der Waals surface area contributed by atoms with E-state index >= 15 is 0 Å². The van der Waals surface area contributed by atoms with Crippen LogP contribution < -0.4 is 5.32 Å². The molecule has 1 heterocycles. The van der Waals surface area contributed by atoms with E-state index < -0.39 is 11.6 Å². The number of aromatic amines is 1. The summed E-state index contributed by atoms with van der Waals surface area (Å²) in [6.07, 6.45) is 2.34. The molecule has 2 rings (SSSR count). The molecular weight excluding hydrogens is 252 g/mol. The number of hydrogen-bond donors (Lipinski definition) is 2. The van der Waals surface area contributed by atoms with Crippen molar-refractivity contribution >= 4 is 11.7 Å². The number of halogens is 2. The zero-order valence-corrected chi connectivity index (χ0v) is 10.3. The molecule has 0 spiro atoms. The second-order valence-electron chi connectivity index (χ2n) is 4.10. The van der Waals surface area contributed by atoms with Crippen LogP contribution in [0.25, 0.3) is 0 Å². The third kappa shape index (κ3) is 3.15. The van der Waals surface area contributed by atoms with Gasteiger partial charge in [-0.15, -0.1) is 0 Å². The van der Waals surface area contributed by atoms with Crippen molar-refractivity contribution in [2.75, 3.05) is 5.32 Å². The van der Waals surface area contributed by atoms with Crippen LogP contribution in [0.2, 0.25) is 0 Å². The Balaban J connectivity index is 2.03. The Bertz CT molecular complexity index is 595. The minimum atomic E-state index is -0.957. The van der Waals surface area contributed by atoms with Crippen molar-refractivity contribution in [3.05, 3.63) is 47.2 Å². The molecule has 0 saturated heterocycles. The summed E-state index contributed by atoms with van der Waals surface area (Å²) in [5, 5.41) is 9.16. The first-order valence-electron chi connectivity index (χ1n) is 5.86. The van der Waals surface area contributed by atoms with Gasteiger partial charge in [-0.2, -0.15) is 5.10 Å². The number of carbonyl (C=O) groups is 1. The molecule has 2 N–H and O–H groups in total. The zero-order chi connectivity index (χ0) is 13.8. The highest BCUT2D eigenvalue weighted by Crippen LogP contribution is 2.13. The highest BCUT2D eigenvalue weighted by Gasteiger charge is 2.10. The molecule has 0 radical (unpaired) electrons. The fraction of sp³-hybridized carbons (Fsp3) is 0.231. The van der Waals surface area contributed by atoms with Crippen LogP contribution in [0, 0.1) is 11.6 Å². The van der Waals surface area contributed by atoms with E-state index in [4.69, 9.17) is 0 Å². The van der Waals surface area contributed by atoms with Crippen LogP contribution in [0.1, 0.15) is 18.1 Å². The van der Waals surface area contributed by atoms with Crippen LogP contribution in [0.4, 0.5) is 14.6 Å². The number of carbonyl (C=O) groups excluding carboxylic acids is 1. The van der Waals surface area contributed by atoms with Gasteiger partial charge in [-0.1, -0.05) is 13.0 Å². The monoisotopic (exact) mass is 265 g/mol. The molecular formula is C13H13F2N3O. The van der Waals surface area contributed by atoms with E-state index in [1.807, 2.05) is 6.92 Å².